The van der Waals surface area contributed by atoms with E-state index in [1.54, 1.807) is 7.11 Å². The summed E-state index contributed by atoms with van der Waals surface area (Å²) in [6, 6.07) is 6.39. The number of benzene rings is 1. The maximum absolute atomic E-state index is 5.43. The van der Waals surface area contributed by atoms with E-state index in [1.165, 1.54) is 16.5 Å². The standard InChI is InChI=1S/C17H29N4OP/c1-18(2)11-10-14-13-21(23(19(3)4)20(5)6)17-9-8-15(22-7)12-16(14)17/h8-9,12-13H,10-11H2,1-7H3. The number of hydrogen-bond donors (Lipinski definition) is 0. The Labute approximate surface area is 141 Å². The highest BCUT2D eigenvalue weighted by Gasteiger charge is 2.21. The number of aromatic nitrogens is 1. The van der Waals surface area contributed by atoms with Gasteiger partial charge in [-0.3, -0.25) is 9.34 Å². The molecule has 0 saturated carbocycles. The molecule has 1 heterocycles. The Morgan fingerprint density at radius 2 is 1.70 bits per heavy atom. The molecule has 0 spiro atoms. The van der Waals surface area contributed by atoms with Crippen molar-refractivity contribution in [1.29, 1.82) is 0 Å². The van der Waals surface area contributed by atoms with Gasteiger partial charge in [0.1, 0.15) is 5.75 Å². The third-order valence-corrected chi connectivity index (χ3v) is 5.96. The van der Waals surface area contributed by atoms with Gasteiger partial charge in [0.15, 0.2) is 8.37 Å². The summed E-state index contributed by atoms with van der Waals surface area (Å²) in [6.07, 6.45) is 3.35. The van der Waals surface area contributed by atoms with Crippen molar-refractivity contribution in [3.05, 3.63) is 30.0 Å². The molecule has 0 aliphatic carbocycles. The molecular weight excluding hydrogens is 307 g/mol. The average Bonchev–Trinajstić information content (AvgIpc) is 2.82. The normalized spacial score (nSPS) is 12.3. The Kier molecular flexibility index (Phi) is 6.04. The number of rotatable bonds is 7. The van der Waals surface area contributed by atoms with Gasteiger partial charge in [-0.05, 0) is 72.5 Å². The second-order valence-corrected chi connectivity index (χ2v) is 8.97. The first-order valence-corrected chi connectivity index (χ1v) is 9.02. The molecule has 0 aliphatic heterocycles. The number of likely N-dealkylation sites (N-methyl/N-ethyl adjacent to an activating group) is 1. The molecular formula is C17H29N4OP. The third-order valence-electron chi connectivity index (χ3n) is 3.81. The van der Waals surface area contributed by atoms with Crippen molar-refractivity contribution in [2.45, 2.75) is 6.42 Å². The van der Waals surface area contributed by atoms with Crippen LogP contribution in [-0.2, 0) is 6.42 Å². The Morgan fingerprint density at radius 1 is 1.04 bits per heavy atom. The number of methoxy groups -OCH3 is 1. The van der Waals surface area contributed by atoms with Crippen molar-refractivity contribution in [2.24, 2.45) is 0 Å². The fourth-order valence-electron chi connectivity index (χ4n) is 2.82. The van der Waals surface area contributed by atoms with Gasteiger partial charge in [0.05, 0.1) is 12.6 Å². The lowest BCUT2D eigenvalue weighted by molar-refractivity contribution is 0.413. The van der Waals surface area contributed by atoms with Crippen LogP contribution in [0.15, 0.2) is 24.4 Å². The molecule has 0 aliphatic rings. The van der Waals surface area contributed by atoms with E-state index in [2.05, 4.69) is 79.2 Å². The predicted octanol–water partition coefficient (Wildman–Crippen LogP) is 2.95. The Balaban J connectivity index is 2.56. The van der Waals surface area contributed by atoms with Crippen molar-refractivity contribution in [3.63, 3.8) is 0 Å². The molecule has 2 aromatic rings. The molecule has 6 heteroatoms. The summed E-state index contributed by atoms with van der Waals surface area (Å²) in [4.78, 5) is 2.23. The molecule has 0 fully saturated rings. The summed E-state index contributed by atoms with van der Waals surface area (Å²) in [6.45, 7) is 1.04. The molecule has 0 amide bonds. The highest BCUT2D eigenvalue weighted by Crippen LogP contribution is 2.45. The first kappa shape index (κ1) is 18.2. The minimum Gasteiger partial charge on any atom is -0.497 e. The Morgan fingerprint density at radius 3 is 2.22 bits per heavy atom. The van der Waals surface area contributed by atoms with Crippen molar-refractivity contribution < 1.29 is 4.74 Å². The smallest absolute Gasteiger partial charge is 0.152 e. The van der Waals surface area contributed by atoms with Gasteiger partial charge in [-0.1, -0.05) is 0 Å². The van der Waals surface area contributed by atoms with Gasteiger partial charge in [-0.15, -0.1) is 0 Å². The first-order chi connectivity index (χ1) is 10.8. The highest BCUT2D eigenvalue weighted by molar-refractivity contribution is 7.51. The number of ether oxygens (including phenoxy) is 1. The monoisotopic (exact) mass is 336 g/mol. The van der Waals surface area contributed by atoms with Crippen LogP contribution in [0.3, 0.4) is 0 Å². The second kappa shape index (κ2) is 7.63. The molecule has 1 aromatic carbocycles. The average molecular weight is 336 g/mol. The number of nitrogens with zero attached hydrogens (tertiary/aromatic N) is 4. The van der Waals surface area contributed by atoms with E-state index < -0.39 is 8.37 Å². The molecule has 0 saturated heterocycles. The second-order valence-electron chi connectivity index (χ2n) is 6.40. The lowest BCUT2D eigenvalue weighted by Gasteiger charge is -2.31. The van der Waals surface area contributed by atoms with Crippen molar-refractivity contribution in [2.75, 3.05) is 55.9 Å². The summed E-state index contributed by atoms with van der Waals surface area (Å²) < 4.78 is 12.4. The number of fused-ring (bicyclic) bond motifs is 1. The fourth-order valence-corrected chi connectivity index (χ4v) is 4.92. The van der Waals surface area contributed by atoms with E-state index in [9.17, 15) is 0 Å². The number of hydrogen-bond acceptors (Lipinski definition) is 4. The zero-order chi connectivity index (χ0) is 17.1. The van der Waals surface area contributed by atoms with Crippen molar-refractivity contribution in [3.8, 4) is 5.75 Å². The maximum atomic E-state index is 5.43. The Hall–Kier alpha value is -1.13. The van der Waals surface area contributed by atoms with Gasteiger partial charge < -0.3 is 14.0 Å². The highest BCUT2D eigenvalue weighted by atomic mass is 31.2. The van der Waals surface area contributed by atoms with Gasteiger partial charge in [0.2, 0.25) is 0 Å². The molecule has 0 atom stereocenters. The Bertz CT molecular complexity index is 643. The maximum Gasteiger partial charge on any atom is 0.152 e. The van der Waals surface area contributed by atoms with Crippen LogP contribution >= 0.6 is 8.37 Å². The van der Waals surface area contributed by atoms with Gasteiger partial charge >= 0.3 is 0 Å². The van der Waals surface area contributed by atoms with E-state index in [-0.39, 0.29) is 0 Å². The molecule has 5 nitrogen and oxygen atoms in total. The molecule has 1 aromatic heterocycles. The molecule has 0 unspecified atom stereocenters. The molecule has 0 radical (unpaired) electrons. The van der Waals surface area contributed by atoms with Crippen LogP contribution in [0, 0.1) is 0 Å². The largest absolute Gasteiger partial charge is 0.497 e. The predicted molar refractivity (Wildman–Crippen MR) is 100 cm³/mol. The molecule has 23 heavy (non-hydrogen) atoms. The van der Waals surface area contributed by atoms with Gasteiger partial charge in [-0.25, -0.2) is 0 Å². The van der Waals surface area contributed by atoms with Gasteiger partial charge in [-0.2, -0.15) is 0 Å². The zero-order valence-electron chi connectivity index (χ0n) is 15.4. The SMILES string of the molecule is COc1ccc2c(c1)c(CCN(C)C)cn2P(N(C)C)N(C)C. The molecule has 0 bridgehead atoms. The van der Waals surface area contributed by atoms with Crippen molar-refractivity contribution in [1.82, 2.24) is 18.6 Å². The topological polar surface area (TPSA) is 23.9 Å². The zero-order valence-corrected chi connectivity index (χ0v) is 16.3. The van der Waals surface area contributed by atoms with Crippen LogP contribution in [0.25, 0.3) is 10.9 Å². The third kappa shape index (κ3) is 4.04. The van der Waals surface area contributed by atoms with E-state index in [4.69, 9.17) is 4.74 Å². The first-order valence-electron chi connectivity index (χ1n) is 7.82. The summed E-state index contributed by atoms with van der Waals surface area (Å²) in [5.41, 5.74) is 2.65. The van der Waals surface area contributed by atoms with Crippen LogP contribution in [0.2, 0.25) is 0 Å². The van der Waals surface area contributed by atoms with E-state index in [0.29, 0.717) is 0 Å². The lowest BCUT2D eigenvalue weighted by atomic mass is 10.1. The quantitative estimate of drug-likeness (QED) is 0.726. The summed E-state index contributed by atoms with van der Waals surface area (Å²) in [5.74, 6) is 0.917. The van der Waals surface area contributed by atoms with Gasteiger partial charge in [0.25, 0.3) is 0 Å². The molecule has 128 valence electrons. The minimum absolute atomic E-state index is 0.564. The van der Waals surface area contributed by atoms with Crippen LogP contribution in [0.1, 0.15) is 5.56 Å². The van der Waals surface area contributed by atoms with Crippen LogP contribution in [-0.4, -0.2) is 74.5 Å². The summed E-state index contributed by atoms with van der Waals surface area (Å²) >= 11 is 0. The van der Waals surface area contributed by atoms with Crippen LogP contribution < -0.4 is 4.74 Å². The lowest BCUT2D eigenvalue weighted by Crippen LogP contribution is -2.21. The molecule has 2 rings (SSSR count). The fraction of sp³-hybridized carbons (Fsp3) is 0.529. The summed E-state index contributed by atoms with van der Waals surface area (Å²) in [5, 5.41) is 1.29. The molecule has 0 N–H and O–H groups in total. The van der Waals surface area contributed by atoms with Gasteiger partial charge in [0, 0.05) is 18.1 Å². The van der Waals surface area contributed by atoms with Crippen LogP contribution in [0.5, 0.6) is 5.75 Å². The summed E-state index contributed by atoms with van der Waals surface area (Å²) in [7, 11) is 14.0. The van der Waals surface area contributed by atoms with Crippen LogP contribution in [0.4, 0.5) is 0 Å². The van der Waals surface area contributed by atoms with E-state index in [0.717, 1.165) is 18.7 Å². The van der Waals surface area contributed by atoms with E-state index in [1.807, 2.05) is 6.07 Å². The van der Waals surface area contributed by atoms with Crippen molar-refractivity contribution >= 4 is 19.3 Å². The minimum atomic E-state index is -0.564. The van der Waals surface area contributed by atoms with E-state index >= 15 is 0 Å².